The molecule has 2 aromatic carbocycles. The van der Waals surface area contributed by atoms with Crippen LogP contribution >= 0.6 is 0 Å². The maximum atomic E-state index is 4.60. The number of hydrogen-bond donors (Lipinski definition) is 0. The Morgan fingerprint density at radius 3 is 2.29 bits per heavy atom. The van der Waals surface area contributed by atoms with E-state index in [9.17, 15) is 0 Å². The molecule has 0 fully saturated rings. The molecule has 0 N–H and O–H groups in total. The van der Waals surface area contributed by atoms with Crippen molar-refractivity contribution >= 4 is 17.6 Å². The number of aliphatic imine (C=N–C) groups is 1. The molecule has 0 amide bonds. The molecule has 0 aliphatic heterocycles. The molecule has 122 valence electrons. The number of hydrogen-bond acceptors (Lipinski definition) is 2. The minimum absolute atomic E-state index is 0.975. The van der Waals surface area contributed by atoms with Gasteiger partial charge < -0.3 is 9.47 Å². The molecule has 0 radical (unpaired) electrons. The van der Waals surface area contributed by atoms with Crippen LogP contribution in [0.25, 0.3) is 5.69 Å². The highest BCUT2D eigenvalue weighted by molar-refractivity contribution is 5.81. The summed E-state index contributed by atoms with van der Waals surface area (Å²) < 4.78 is 2.14. The van der Waals surface area contributed by atoms with E-state index in [-0.39, 0.29) is 0 Å². The van der Waals surface area contributed by atoms with E-state index in [0.717, 1.165) is 23.5 Å². The molecule has 0 aliphatic carbocycles. The highest BCUT2D eigenvalue weighted by Crippen LogP contribution is 2.18. The summed E-state index contributed by atoms with van der Waals surface area (Å²) in [5, 5.41) is 0. The standard InChI is InChI=1S/C21H23N3/c1-4-17-7-9-18(10-8-17)22-16-21-6-5-15-24(21)20-13-11-19(12-14-20)23(2)3/h5-16H,4H2,1-3H3. The first kappa shape index (κ1) is 16.1. The number of aromatic nitrogens is 1. The summed E-state index contributed by atoms with van der Waals surface area (Å²) in [4.78, 5) is 6.70. The van der Waals surface area contributed by atoms with Gasteiger partial charge in [-0.2, -0.15) is 0 Å². The minimum atomic E-state index is 0.975. The van der Waals surface area contributed by atoms with Gasteiger partial charge in [0.15, 0.2) is 0 Å². The third kappa shape index (κ3) is 3.57. The number of nitrogens with zero attached hydrogens (tertiary/aromatic N) is 3. The lowest BCUT2D eigenvalue weighted by Gasteiger charge is -2.13. The quantitative estimate of drug-likeness (QED) is 0.616. The van der Waals surface area contributed by atoms with E-state index in [0.29, 0.717) is 0 Å². The first-order valence-electron chi connectivity index (χ1n) is 8.25. The fraction of sp³-hybridized carbons (Fsp3) is 0.190. The molecule has 1 aromatic heterocycles. The van der Waals surface area contributed by atoms with E-state index < -0.39 is 0 Å². The molecule has 1 heterocycles. The van der Waals surface area contributed by atoms with Gasteiger partial charge in [-0.05, 0) is 60.5 Å². The van der Waals surface area contributed by atoms with Crippen LogP contribution < -0.4 is 4.90 Å². The molecule has 0 saturated carbocycles. The van der Waals surface area contributed by atoms with Gasteiger partial charge in [0.2, 0.25) is 0 Å². The first-order chi connectivity index (χ1) is 11.7. The van der Waals surface area contributed by atoms with Crippen molar-refractivity contribution in [2.75, 3.05) is 19.0 Å². The van der Waals surface area contributed by atoms with Gasteiger partial charge in [0.25, 0.3) is 0 Å². The van der Waals surface area contributed by atoms with Crippen LogP contribution in [0.1, 0.15) is 18.2 Å². The normalized spacial score (nSPS) is 11.1. The molecule has 0 saturated heterocycles. The third-order valence-corrected chi connectivity index (χ3v) is 4.12. The second-order valence-corrected chi connectivity index (χ2v) is 5.99. The van der Waals surface area contributed by atoms with Gasteiger partial charge >= 0.3 is 0 Å². The predicted molar refractivity (Wildman–Crippen MR) is 103 cm³/mol. The van der Waals surface area contributed by atoms with Gasteiger partial charge in [-0.25, -0.2) is 0 Å². The Hall–Kier alpha value is -2.81. The van der Waals surface area contributed by atoms with Crippen molar-refractivity contribution in [1.29, 1.82) is 0 Å². The molecule has 0 unspecified atom stereocenters. The second-order valence-electron chi connectivity index (χ2n) is 5.99. The first-order valence-corrected chi connectivity index (χ1v) is 8.25. The summed E-state index contributed by atoms with van der Waals surface area (Å²) in [6.45, 7) is 2.16. The van der Waals surface area contributed by atoms with Gasteiger partial charge in [0.1, 0.15) is 0 Å². The number of benzene rings is 2. The number of aryl methyl sites for hydroxylation is 1. The monoisotopic (exact) mass is 317 g/mol. The van der Waals surface area contributed by atoms with E-state index in [1.54, 1.807) is 0 Å². The maximum absolute atomic E-state index is 4.60. The average Bonchev–Trinajstić information content (AvgIpc) is 3.09. The smallest absolute Gasteiger partial charge is 0.0639 e. The Balaban J connectivity index is 1.83. The Morgan fingerprint density at radius 1 is 0.958 bits per heavy atom. The van der Waals surface area contributed by atoms with Crippen molar-refractivity contribution < 1.29 is 0 Å². The SMILES string of the molecule is CCc1ccc(N=Cc2cccn2-c2ccc(N(C)C)cc2)cc1. The molecular formula is C21H23N3. The zero-order valence-electron chi connectivity index (χ0n) is 14.5. The Morgan fingerprint density at radius 2 is 1.67 bits per heavy atom. The lowest BCUT2D eigenvalue weighted by Crippen LogP contribution is -2.08. The van der Waals surface area contributed by atoms with Gasteiger partial charge in [-0.15, -0.1) is 0 Å². The molecule has 3 heteroatoms. The molecule has 0 spiro atoms. The predicted octanol–water partition coefficient (Wildman–Crippen LogP) is 4.86. The van der Waals surface area contributed by atoms with Gasteiger partial charge in [-0.1, -0.05) is 19.1 Å². The Kier molecular flexibility index (Phi) is 4.80. The van der Waals surface area contributed by atoms with Gasteiger partial charge in [-0.3, -0.25) is 4.99 Å². The Bertz CT molecular complexity index is 809. The lowest BCUT2D eigenvalue weighted by molar-refractivity contribution is 1.06. The fourth-order valence-corrected chi connectivity index (χ4v) is 2.60. The zero-order chi connectivity index (χ0) is 16.9. The van der Waals surface area contributed by atoms with Gasteiger partial charge in [0.05, 0.1) is 17.6 Å². The van der Waals surface area contributed by atoms with Crippen LogP contribution in [-0.2, 0) is 6.42 Å². The lowest BCUT2D eigenvalue weighted by atomic mass is 10.1. The van der Waals surface area contributed by atoms with E-state index in [1.165, 1.54) is 11.3 Å². The summed E-state index contributed by atoms with van der Waals surface area (Å²) >= 11 is 0. The van der Waals surface area contributed by atoms with Crippen molar-refractivity contribution in [3.05, 3.63) is 78.1 Å². The van der Waals surface area contributed by atoms with Crippen LogP contribution in [0.3, 0.4) is 0 Å². The van der Waals surface area contributed by atoms with Crippen molar-refractivity contribution in [3.8, 4) is 5.69 Å². The van der Waals surface area contributed by atoms with E-state index in [1.807, 2.05) is 26.4 Å². The van der Waals surface area contributed by atoms with Crippen LogP contribution in [0.2, 0.25) is 0 Å². The summed E-state index contributed by atoms with van der Waals surface area (Å²) in [6.07, 6.45) is 5.03. The van der Waals surface area contributed by atoms with Crippen molar-refractivity contribution in [3.63, 3.8) is 0 Å². The fourth-order valence-electron chi connectivity index (χ4n) is 2.60. The largest absolute Gasteiger partial charge is 0.378 e. The van der Waals surface area contributed by atoms with Crippen molar-refractivity contribution in [1.82, 2.24) is 4.57 Å². The summed E-state index contributed by atoms with van der Waals surface area (Å²) in [5.74, 6) is 0. The van der Waals surface area contributed by atoms with E-state index >= 15 is 0 Å². The Labute approximate surface area is 143 Å². The minimum Gasteiger partial charge on any atom is -0.378 e. The second kappa shape index (κ2) is 7.18. The summed E-state index contributed by atoms with van der Waals surface area (Å²) in [7, 11) is 4.10. The summed E-state index contributed by atoms with van der Waals surface area (Å²) in [5.41, 5.74) is 5.69. The molecule has 24 heavy (non-hydrogen) atoms. The van der Waals surface area contributed by atoms with Crippen LogP contribution in [0.4, 0.5) is 11.4 Å². The molecule has 0 aliphatic rings. The van der Waals surface area contributed by atoms with Crippen molar-refractivity contribution in [2.24, 2.45) is 4.99 Å². The van der Waals surface area contributed by atoms with Crippen LogP contribution in [0.15, 0.2) is 71.9 Å². The molecule has 3 rings (SSSR count). The molecule has 3 nitrogen and oxygen atoms in total. The van der Waals surface area contributed by atoms with Crippen LogP contribution in [0.5, 0.6) is 0 Å². The molecule has 0 atom stereocenters. The molecular weight excluding hydrogens is 294 g/mol. The van der Waals surface area contributed by atoms with Crippen LogP contribution in [-0.4, -0.2) is 24.9 Å². The number of anilines is 1. The highest BCUT2D eigenvalue weighted by Gasteiger charge is 2.02. The zero-order valence-corrected chi connectivity index (χ0v) is 14.5. The van der Waals surface area contributed by atoms with E-state index in [2.05, 4.69) is 82.2 Å². The van der Waals surface area contributed by atoms with Crippen LogP contribution in [0, 0.1) is 0 Å². The number of rotatable bonds is 5. The highest BCUT2D eigenvalue weighted by atomic mass is 15.1. The van der Waals surface area contributed by atoms with Crippen molar-refractivity contribution in [2.45, 2.75) is 13.3 Å². The summed E-state index contributed by atoms with van der Waals surface area (Å²) in [6, 6.07) is 21.0. The maximum Gasteiger partial charge on any atom is 0.0639 e. The van der Waals surface area contributed by atoms with E-state index in [4.69, 9.17) is 0 Å². The molecule has 0 bridgehead atoms. The third-order valence-electron chi connectivity index (χ3n) is 4.12. The average molecular weight is 317 g/mol. The topological polar surface area (TPSA) is 20.5 Å². The van der Waals surface area contributed by atoms with Gasteiger partial charge in [0, 0.05) is 31.7 Å². The molecule has 3 aromatic rings.